The highest BCUT2D eigenvalue weighted by molar-refractivity contribution is 5.98. The zero-order chi connectivity index (χ0) is 31.5. The van der Waals surface area contributed by atoms with Crippen LogP contribution >= 0.6 is 0 Å². The maximum absolute atomic E-state index is 13.3. The standard InChI is InChI=1S/C37H34N4O4/c1-23(2)17-35-39-29-19-28-32(42)21-33(45-34(28)20-31(29)41(35)22-25-11-7-4-8-12-25)26-13-15-27(16-14-26)37(44)40-30(36(38)43)18-24-9-5-3-6-10-24/h3-16,19-21,23,30H,17-18,22H2,1-2H3,(H2,38,43)(H,40,44)/t30-/m0/s1. The molecule has 0 bridgehead atoms. The molecule has 0 spiro atoms. The average Bonchev–Trinajstić information content (AvgIpc) is 3.35. The smallest absolute Gasteiger partial charge is 0.251 e. The molecule has 0 fully saturated rings. The van der Waals surface area contributed by atoms with Crippen LogP contribution < -0.4 is 16.5 Å². The predicted molar refractivity (Wildman–Crippen MR) is 176 cm³/mol. The largest absolute Gasteiger partial charge is 0.456 e. The number of rotatable bonds is 10. The Morgan fingerprint density at radius 2 is 1.53 bits per heavy atom. The Labute approximate surface area is 260 Å². The van der Waals surface area contributed by atoms with Crippen molar-refractivity contribution in [1.29, 1.82) is 0 Å². The topological polar surface area (TPSA) is 120 Å². The number of aromatic nitrogens is 2. The zero-order valence-corrected chi connectivity index (χ0v) is 25.2. The number of nitrogens with zero attached hydrogens (tertiary/aromatic N) is 2. The van der Waals surface area contributed by atoms with Gasteiger partial charge in [-0.15, -0.1) is 0 Å². The molecule has 0 radical (unpaired) electrons. The van der Waals surface area contributed by atoms with E-state index in [1.807, 2.05) is 60.7 Å². The van der Waals surface area contributed by atoms with Gasteiger partial charge in [-0.1, -0.05) is 86.6 Å². The van der Waals surface area contributed by atoms with E-state index in [0.717, 1.165) is 34.4 Å². The van der Waals surface area contributed by atoms with E-state index in [4.69, 9.17) is 15.1 Å². The molecule has 0 unspecified atom stereocenters. The lowest BCUT2D eigenvalue weighted by molar-refractivity contribution is -0.119. The lowest BCUT2D eigenvalue weighted by Gasteiger charge is -2.16. The van der Waals surface area contributed by atoms with E-state index >= 15 is 0 Å². The summed E-state index contributed by atoms with van der Waals surface area (Å²) in [6.45, 7) is 4.98. The molecule has 45 heavy (non-hydrogen) atoms. The minimum absolute atomic E-state index is 0.178. The van der Waals surface area contributed by atoms with Gasteiger partial charge in [0.25, 0.3) is 5.91 Å². The molecule has 2 aromatic heterocycles. The van der Waals surface area contributed by atoms with E-state index in [1.165, 1.54) is 6.07 Å². The molecule has 0 aliphatic heterocycles. The van der Waals surface area contributed by atoms with Crippen molar-refractivity contribution in [2.24, 2.45) is 11.7 Å². The van der Waals surface area contributed by atoms with E-state index in [2.05, 4.69) is 35.9 Å². The maximum atomic E-state index is 13.3. The quantitative estimate of drug-likeness (QED) is 0.204. The van der Waals surface area contributed by atoms with Gasteiger partial charge in [-0.2, -0.15) is 0 Å². The fourth-order valence-electron chi connectivity index (χ4n) is 5.53. The molecule has 0 saturated carbocycles. The van der Waals surface area contributed by atoms with Crippen LogP contribution in [0.5, 0.6) is 0 Å². The first-order valence-corrected chi connectivity index (χ1v) is 15.0. The number of imidazole rings is 1. The van der Waals surface area contributed by atoms with Crippen LogP contribution in [0.3, 0.4) is 0 Å². The number of hydrogen-bond donors (Lipinski definition) is 2. The van der Waals surface area contributed by atoms with Crippen molar-refractivity contribution in [1.82, 2.24) is 14.9 Å². The number of primary amides is 1. The van der Waals surface area contributed by atoms with Crippen molar-refractivity contribution in [2.45, 2.75) is 39.3 Å². The average molecular weight is 599 g/mol. The molecule has 6 aromatic rings. The van der Waals surface area contributed by atoms with Crippen LogP contribution in [0, 0.1) is 5.92 Å². The number of nitrogens with one attached hydrogen (secondary N) is 1. The van der Waals surface area contributed by atoms with Crippen LogP contribution in [-0.2, 0) is 24.2 Å². The molecule has 0 aliphatic carbocycles. The Morgan fingerprint density at radius 1 is 0.867 bits per heavy atom. The van der Waals surface area contributed by atoms with Crippen molar-refractivity contribution in [2.75, 3.05) is 0 Å². The Balaban J connectivity index is 1.30. The maximum Gasteiger partial charge on any atom is 0.251 e. The fourth-order valence-corrected chi connectivity index (χ4v) is 5.53. The van der Waals surface area contributed by atoms with Gasteiger partial charge >= 0.3 is 0 Å². The molecule has 8 nitrogen and oxygen atoms in total. The van der Waals surface area contributed by atoms with E-state index in [-0.39, 0.29) is 5.43 Å². The van der Waals surface area contributed by atoms with Gasteiger partial charge in [-0.25, -0.2) is 4.98 Å². The summed E-state index contributed by atoms with van der Waals surface area (Å²) in [5.74, 6) is 0.718. The number of amides is 2. The molecule has 226 valence electrons. The van der Waals surface area contributed by atoms with E-state index < -0.39 is 17.9 Å². The first-order valence-electron chi connectivity index (χ1n) is 15.0. The molecule has 3 N–H and O–H groups in total. The van der Waals surface area contributed by atoms with E-state index in [0.29, 0.717) is 46.7 Å². The van der Waals surface area contributed by atoms with E-state index in [1.54, 1.807) is 24.3 Å². The van der Waals surface area contributed by atoms with Crippen molar-refractivity contribution >= 4 is 33.8 Å². The molecular weight excluding hydrogens is 564 g/mol. The van der Waals surface area contributed by atoms with Crippen molar-refractivity contribution in [3.05, 3.63) is 136 Å². The molecule has 6 rings (SSSR count). The van der Waals surface area contributed by atoms with Crippen molar-refractivity contribution < 1.29 is 14.0 Å². The lowest BCUT2D eigenvalue weighted by Crippen LogP contribution is -2.45. The Morgan fingerprint density at radius 3 is 2.18 bits per heavy atom. The molecule has 0 aliphatic rings. The van der Waals surface area contributed by atoms with E-state index in [9.17, 15) is 14.4 Å². The van der Waals surface area contributed by atoms with Gasteiger partial charge in [-0.3, -0.25) is 14.4 Å². The van der Waals surface area contributed by atoms with Crippen LogP contribution in [0.4, 0.5) is 0 Å². The van der Waals surface area contributed by atoms with Crippen LogP contribution in [0.15, 0.2) is 112 Å². The molecule has 2 amide bonds. The highest BCUT2D eigenvalue weighted by atomic mass is 16.3. The van der Waals surface area contributed by atoms with Gasteiger partial charge in [0, 0.05) is 42.6 Å². The van der Waals surface area contributed by atoms with Gasteiger partial charge in [0.15, 0.2) is 5.43 Å². The van der Waals surface area contributed by atoms with Crippen molar-refractivity contribution in [3.8, 4) is 11.3 Å². The van der Waals surface area contributed by atoms with Gasteiger partial charge in [-0.05, 0) is 35.2 Å². The van der Waals surface area contributed by atoms with Crippen LogP contribution in [0.1, 0.15) is 41.2 Å². The molecule has 2 heterocycles. The first-order chi connectivity index (χ1) is 21.7. The molecule has 8 heteroatoms. The number of fused-ring (bicyclic) bond motifs is 2. The summed E-state index contributed by atoms with van der Waals surface area (Å²) in [5.41, 5.74) is 10.5. The van der Waals surface area contributed by atoms with Crippen molar-refractivity contribution in [3.63, 3.8) is 0 Å². The highest BCUT2D eigenvalue weighted by Crippen LogP contribution is 2.28. The molecule has 0 saturated heterocycles. The third-order valence-corrected chi connectivity index (χ3v) is 7.81. The summed E-state index contributed by atoms with van der Waals surface area (Å²) in [4.78, 5) is 43.2. The SMILES string of the molecule is CC(C)Cc1nc2cc3c(=O)cc(-c4ccc(C(=O)N[C@@H](Cc5ccccc5)C(N)=O)cc4)oc3cc2n1Cc1ccccc1. The normalized spacial score (nSPS) is 12.1. The van der Waals surface area contributed by atoms with Gasteiger partial charge < -0.3 is 20.0 Å². The monoisotopic (exact) mass is 598 g/mol. The molecule has 4 aromatic carbocycles. The predicted octanol–water partition coefficient (Wildman–Crippen LogP) is 5.88. The summed E-state index contributed by atoms with van der Waals surface area (Å²) < 4.78 is 8.49. The number of carbonyl (C=O) groups is 2. The van der Waals surface area contributed by atoms with Crippen LogP contribution in [-0.4, -0.2) is 27.4 Å². The second-order valence-corrected chi connectivity index (χ2v) is 11.7. The molecular formula is C37H34N4O4. The summed E-state index contributed by atoms with van der Waals surface area (Å²) in [5, 5.41) is 3.19. The number of nitrogens with two attached hydrogens (primary N) is 1. The second kappa shape index (κ2) is 12.6. The first kappa shape index (κ1) is 29.6. The highest BCUT2D eigenvalue weighted by Gasteiger charge is 2.20. The number of benzene rings is 4. The fraction of sp³-hybridized carbons (Fsp3) is 0.189. The summed E-state index contributed by atoms with van der Waals surface area (Å²) in [6.07, 6.45) is 1.09. The van der Waals surface area contributed by atoms with Crippen LogP contribution in [0.25, 0.3) is 33.3 Å². The summed E-state index contributed by atoms with van der Waals surface area (Å²) in [6, 6.07) is 30.6. The Hall–Kier alpha value is -5.50. The minimum atomic E-state index is -0.855. The number of carbonyl (C=O) groups excluding carboxylic acids is 2. The minimum Gasteiger partial charge on any atom is -0.456 e. The lowest BCUT2D eigenvalue weighted by atomic mass is 10.0. The van der Waals surface area contributed by atoms with Gasteiger partial charge in [0.1, 0.15) is 23.2 Å². The Kier molecular flexibility index (Phi) is 8.29. The van der Waals surface area contributed by atoms with Crippen LogP contribution in [0.2, 0.25) is 0 Å². The third-order valence-electron chi connectivity index (χ3n) is 7.81. The summed E-state index contributed by atoms with van der Waals surface area (Å²) >= 11 is 0. The number of hydrogen-bond acceptors (Lipinski definition) is 5. The zero-order valence-electron chi connectivity index (χ0n) is 25.2. The second-order valence-electron chi connectivity index (χ2n) is 11.7. The third kappa shape index (κ3) is 6.55. The molecule has 1 atom stereocenters. The Bertz CT molecular complexity index is 2050. The summed E-state index contributed by atoms with van der Waals surface area (Å²) in [7, 11) is 0. The van der Waals surface area contributed by atoms with Gasteiger partial charge in [0.2, 0.25) is 5.91 Å². The van der Waals surface area contributed by atoms with Gasteiger partial charge in [0.05, 0.1) is 16.4 Å².